The fourth-order valence-corrected chi connectivity index (χ4v) is 1.05. The SMILES string of the molecule is C=C/C(C)=C(/OC)C(=C)Br. The monoisotopic (exact) mass is 202 g/mol. The largest absolute Gasteiger partial charge is 0.495 e. The van der Waals surface area contributed by atoms with Crippen LogP contribution in [-0.2, 0) is 4.74 Å². The number of rotatable bonds is 3. The third kappa shape index (κ3) is 2.40. The summed E-state index contributed by atoms with van der Waals surface area (Å²) < 4.78 is 5.77. The lowest BCUT2D eigenvalue weighted by Crippen LogP contribution is -1.88. The second kappa shape index (κ2) is 4.34. The van der Waals surface area contributed by atoms with E-state index in [0.717, 1.165) is 15.8 Å². The van der Waals surface area contributed by atoms with Crippen LogP contribution in [0.1, 0.15) is 6.92 Å². The van der Waals surface area contributed by atoms with E-state index in [1.54, 1.807) is 13.2 Å². The van der Waals surface area contributed by atoms with Gasteiger partial charge in [0.2, 0.25) is 0 Å². The molecule has 0 aliphatic heterocycles. The summed E-state index contributed by atoms with van der Waals surface area (Å²) in [5.41, 5.74) is 0.976. The fraction of sp³-hybridized carbons (Fsp3) is 0.250. The molecule has 0 aromatic rings. The van der Waals surface area contributed by atoms with Gasteiger partial charge in [-0.05, 0) is 28.4 Å². The summed E-state index contributed by atoms with van der Waals surface area (Å²) in [6, 6.07) is 0. The molecule has 1 nitrogen and oxygen atoms in total. The summed E-state index contributed by atoms with van der Waals surface area (Å²) in [6.07, 6.45) is 1.73. The molecule has 0 heterocycles. The number of hydrogen-bond donors (Lipinski definition) is 0. The van der Waals surface area contributed by atoms with Crippen LogP contribution in [0, 0.1) is 0 Å². The molecule has 0 fully saturated rings. The van der Waals surface area contributed by atoms with Gasteiger partial charge in [0, 0.05) is 0 Å². The van der Waals surface area contributed by atoms with Crippen LogP contribution in [0.5, 0.6) is 0 Å². The van der Waals surface area contributed by atoms with Crippen LogP contribution in [0.2, 0.25) is 0 Å². The molecule has 0 bridgehead atoms. The van der Waals surface area contributed by atoms with Crippen LogP contribution in [0.3, 0.4) is 0 Å². The molecule has 0 spiro atoms. The highest BCUT2D eigenvalue weighted by Gasteiger charge is 2.00. The molecule has 0 unspecified atom stereocenters. The minimum absolute atomic E-state index is 0.743. The van der Waals surface area contributed by atoms with E-state index >= 15 is 0 Å². The first-order chi connectivity index (χ1) is 4.63. The third-order valence-electron chi connectivity index (χ3n) is 1.11. The Kier molecular flexibility index (Phi) is 4.12. The normalized spacial score (nSPS) is 11.9. The van der Waals surface area contributed by atoms with Gasteiger partial charge in [-0.15, -0.1) is 0 Å². The maximum Gasteiger partial charge on any atom is 0.135 e. The number of hydrogen-bond acceptors (Lipinski definition) is 1. The lowest BCUT2D eigenvalue weighted by molar-refractivity contribution is 0.302. The molecule has 56 valence electrons. The summed E-state index contributed by atoms with van der Waals surface area (Å²) in [6.45, 7) is 9.21. The van der Waals surface area contributed by atoms with E-state index in [1.165, 1.54) is 0 Å². The maximum atomic E-state index is 5.03. The van der Waals surface area contributed by atoms with E-state index in [-0.39, 0.29) is 0 Å². The lowest BCUT2D eigenvalue weighted by Gasteiger charge is -2.05. The smallest absolute Gasteiger partial charge is 0.135 e. The van der Waals surface area contributed by atoms with Crippen molar-refractivity contribution in [1.82, 2.24) is 0 Å². The molecule has 0 aliphatic carbocycles. The molecule has 0 saturated heterocycles. The van der Waals surface area contributed by atoms with Gasteiger partial charge in [-0.25, -0.2) is 0 Å². The van der Waals surface area contributed by atoms with Crippen LogP contribution in [0.25, 0.3) is 0 Å². The molecule has 0 atom stereocenters. The van der Waals surface area contributed by atoms with E-state index in [9.17, 15) is 0 Å². The van der Waals surface area contributed by atoms with Gasteiger partial charge in [-0.2, -0.15) is 0 Å². The van der Waals surface area contributed by atoms with Crippen molar-refractivity contribution in [3.63, 3.8) is 0 Å². The molecule has 0 N–H and O–H groups in total. The number of methoxy groups -OCH3 is 1. The van der Waals surface area contributed by atoms with Gasteiger partial charge < -0.3 is 4.74 Å². The van der Waals surface area contributed by atoms with Crippen LogP contribution in [0.4, 0.5) is 0 Å². The average molecular weight is 203 g/mol. The van der Waals surface area contributed by atoms with Crippen molar-refractivity contribution in [2.45, 2.75) is 6.92 Å². The Hall–Kier alpha value is -0.500. The lowest BCUT2D eigenvalue weighted by atomic mass is 10.2. The van der Waals surface area contributed by atoms with Crippen molar-refractivity contribution in [1.29, 1.82) is 0 Å². The molecular weight excluding hydrogens is 192 g/mol. The summed E-state index contributed by atoms with van der Waals surface area (Å²) in [5.74, 6) is 0.745. The second-order valence-corrected chi connectivity index (χ2v) is 2.78. The minimum Gasteiger partial charge on any atom is -0.495 e. The van der Waals surface area contributed by atoms with Crippen molar-refractivity contribution in [3.8, 4) is 0 Å². The molecule has 10 heavy (non-hydrogen) atoms. The molecule has 0 aromatic heterocycles. The fourth-order valence-electron chi connectivity index (χ4n) is 0.578. The quantitative estimate of drug-likeness (QED) is 0.506. The van der Waals surface area contributed by atoms with E-state index in [4.69, 9.17) is 4.74 Å². The van der Waals surface area contributed by atoms with E-state index in [0.29, 0.717) is 0 Å². The summed E-state index contributed by atoms with van der Waals surface area (Å²) in [4.78, 5) is 0. The highest BCUT2D eigenvalue weighted by molar-refractivity contribution is 9.11. The summed E-state index contributed by atoms with van der Waals surface area (Å²) >= 11 is 3.22. The average Bonchev–Trinajstić information content (AvgIpc) is 1.88. The van der Waals surface area contributed by atoms with Crippen molar-refractivity contribution in [2.75, 3.05) is 7.11 Å². The predicted molar refractivity (Wildman–Crippen MR) is 48.0 cm³/mol. The Bertz CT molecular complexity index is 180. The molecule has 0 saturated carbocycles. The first-order valence-corrected chi connectivity index (χ1v) is 3.64. The maximum absolute atomic E-state index is 5.03. The Morgan fingerprint density at radius 1 is 1.60 bits per heavy atom. The topological polar surface area (TPSA) is 9.23 Å². The highest BCUT2D eigenvalue weighted by Crippen LogP contribution is 2.19. The van der Waals surface area contributed by atoms with Crippen molar-refractivity contribution in [3.05, 3.63) is 35.0 Å². The highest BCUT2D eigenvalue weighted by atomic mass is 79.9. The molecule has 0 amide bonds. The van der Waals surface area contributed by atoms with Gasteiger partial charge in [0.15, 0.2) is 0 Å². The van der Waals surface area contributed by atoms with Gasteiger partial charge in [-0.1, -0.05) is 19.2 Å². The molecule has 2 heteroatoms. The number of allylic oxidation sites excluding steroid dienone is 3. The zero-order valence-electron chi connectivity index (χ0n) is 6.28. The number of halogens is 1. The van der Waals surface area contributed by atoms with E-state index in [2.05, 4.69) is 29.1 Å². The van der Waals surface area contributed by atoms with E-state index < -0.39 is 0 Å². The number of ether oxygens (including phenoxy) is 1. The Morgan fingerprint density at radius 3 is 2.20 bits per heavy atom. The van der Waals surface area contributed by atoms with Crippen LogP contribution < -0.4 is 0 Å². The first-order valence-electron chi connectivity index (χ1n) is 2.85. The second-order valence-electron chi connectivity index (χ2n) is 1.83. The van der Waals surface area contributed by atoms with Crippen molar-refractivity contribution < 1.29 is 4.74 Å². The molecule has 0 aliphatic rings. The van der Waals surface area contributed by atoms with Gasteiger partial charge in [0.25, 0.3) is 0 Å². The van der Waals surface area contributed by atoms with Crippen molar-refractivity contribution in [2.24, 2.45) is 0 Å². The van der Waals surface area contributed by atoms with Crippen LogP contribution in [0.15, 0.2) is 35.0 Å². The Balaban J connectivity index is 4.62. The Labute approximate surface area is 70.2 Å². The van der Waals surface area contributed by atoms with Crippen LogP contribution in [-0.4, -0.2) is 7.11 Å². The molecular formula is C8H11BrO. The predicted octanol–water partition coefficient (Wildman–Crippen LogP) is 3.00. The molecule has 0 radical (unpaired) electrons. The zero-order valence-corrected chi connectivity index (χ0v) is 7.86. The zero-order chi connectivity index (χ0) is 8.15. The van der Waals surface area contributed by atoms with Gasteiger partial charge >= 0.3 is 0 Å². The molecule has 0 rings (SSSR count). The first kappa shape index (κ1) is 9.50. The summed E-state index contributed by atoms with van der Waals surface area (Å²) in [7, 11) is 1.61. The van der Waals surface area contributed by atoms with E-state index in [1.807, 2.05) is 6.92 Å². The minimum atomic E-state index is 0.743. The standard InChI is InChI=1S/C8H11BrO/c1-5-6(2)8(10-4)7(3)9/h5H,1,3H2,2,4H3/b8-6+. The van der Waals surface area contributed by atoms with Crippen LogP contribution >= 0.6 is 15.9 Å². The van der Waals surface area contributed by atoms with Gasteiger partial charge in [-0.3, -0.25) is 0 Å². The van der Waals surface area contributed by atoms with Crippen molar-refractivity contribution >= 4 is 15.9 Å². The van der Waals surface area contributed by atoms with Gasteiger partial charge in [0.1, 0.15) is 5.76 Å². The summed E-state index contributed by atoms with van der Waals surface area (Å²) in [5, 5.41) is 0. The van der Waals surface area contributed by atoms with Gasteiger partial charge in [0.05, 0.1) is 11.6 Å². The Morgan fingerprint density at radius 2 is 2.10 bits per heavy atom. The molecule has 0 aromatic carbocycles. The third-order valence-corrected chi connectivity index (χ3v) is 1.47.